The van der Waals surface area contributed by atoms with Gasteiger partial charge in [0.2, 0.25) is 0 Å². The number of carbonyl (C=O) groups is 2. The van der Waals surface area contributed by atoms with Crippen molar-refractivity contribution in [2.75, 3.05) is 12.0 Å². The average molecular weight is 454 g/mol. The second kappa shape index (κ2) is 8.36. The summed E-state index contributed by atoms with van der Waals surface area (Å²) in [5.41, 5.74) is 0.444. The number of aliphatic hydroxyl groups excluding tert-OH is 1. The number of anilines is 1. The minimum Gasteiger partial charge on any atom is -0.508 e. The van der Waals surface area contributed by atoms with Crippen LogP contribution in [0.1, 0.15) is 17.2 Å². The first-order valence-electron chi connectivity index (χ1n) is 9.51. The van der Waals surface area contributed by atoms with E-state index < -0.39 is 29.3 Å². The molecule has 1 unspecified atom stereocenters. The number of aromatic hydroxyl groups is 1. The third kappa shape index (κ3) is 3.67. The number of rotatable bonds is 4. The lowest BCUT2D eigenvalue weighted by Gasteiger charge is -2.25. The summed E-state index contributed by atoms with van der Waals surface area (Å²) in [5, 5.41) is 21.0. The fourth-order valence-electron chi connectivity index (χ4n) is 3.65. The molecule has 3 aromatic carbocycles. The zero-order valence-corrected chi connectivity index (χ0v) is 17.5. The SMILES string of the molecule is COc1ccc(Cl)c(/C(O)=C2\C(=O)C(=O)N(c3cccc(F)c3)C2c2ccc(O)cc2)c1. The lowest BCUT2D eigenvalue weighted by atomic mass is 9.95. The first-order chi connectivity index (χ1) is 15.3. The number of hydrogen-bond donors (Lipinski definition) is 2. The van der Waals surface area contributed by atoms with E-state index in [1.807, 2.05) is 0 Å². The predicted octanol–water partition coefficient (Wildman–Crippen LogP) is 4.82. The van der Waals surface area contributed by atoms with Gasteiger partial charge in [-0.05, 0) is 54.1 Å². The summed E-state index contributed by atoms with van der Waals surface area (Å²) in [6, 6.07) is 14.5. The van der Waals surface area contributed by atoms with Gasteiger partial charge < -0.3 is 14.9 Å². The number of hydrogen-bond acceptors (Lipinski definition) is 5. The van der Waals surface area contributed by atoms with Gasteiger partial charge in [-0.1, -0.05) is 29.8 Å². The number of ketones is 1. The number of methoxy groups -OCH3 is 1. The molecule has 0 saturated carbocycles. The van der Waals surface area contributed by atoms with Crippen LogP contribution in [0.2, 0.25) is 5.02 Å². The molecule has 162 valence electrons. The highest BCUT2D eigenvalue weighted by Gasteiger charge is 2.47. The monoisotopic (exact) mass is 453 g/mol. The molecule has 1 amide bonds. The van der Waals surface area contributed by atoms with Crippen LogP contribution in [0.15, 0.2) is 72.3 Å². The number of benzene rings is 3. The van der Waals surface area contributed by atoms with Crippen molar-refractivity contribution in [3.8, 4) is 11.5 Å². The fourth-order valence-corrected chi connectivity index (χ4v) is 3.86. The van der Waals surface area contributed by atoms with Gasteiger partial charge in [0.1, 0.15) is 23.1 Å². The Morgan fingerprint density at radius 3 is 2.44 bits per heavy atom. The number of amides is 1. The maximum absolute atomic E-state index is 13.9. The van der Waals surface area contributed by atoms with Gasteiger partial charge in [-0.2, -0.15) is 0 Å². The largest absolute Gasteiger partial charge is 0.508 e. The Bertz CT molecular complexity index is 1260. The minimum atomic E-state index is -1.08. The van der Waals surface area contributed by atoms with E-state index in [4.69, 9.17) is 16.3 Å². The van der Waals surface area contributed by atoms with Crippen LogP contribution in [0.3, 0.4) is 0 Å². The molecule has 4 rings (SSSR count). The van der Waals surface area contributed by atoms with E-state index in [0.717, 1.165) is 11.0 Å². The predicted molar refractivity (Wildman–Crippen MR) is 117 cm³/mol. The van der Waals surface area contributed by atoms with Gasteiger partial charge in [0.05, 0.1) is 23.7 Å². The number of carbonyl (C=O) groups excluding carboxylic acids is 2. The Labute approximate surface area is 187 Å². The summed E-state index contributed by atoms with van der Waals surface area (Å²) in [7, 11) is 1.44. The number of nitrogens with zero attached hydrogens (tertiary/aromatic N) is 1. The van der Waals surface area contributed by atoms with Crippen molar-refractivity contribution >= 4 is 34.7 Å². The van der Waals surface area contributed by atoms with Crippen molar-refractivity contribution in [3.05, 3.63) is 94.3 Å². The molecule has 1 aliphatic heterocycles. The standard InChI is InChI=1S/C24H17ClFNO5/c1-32-17-9-10-19(25)18(12-17)22(29)20-21(13-5-7-16(28)8-6-13)27(24(31)23(20)30)15-4-2-3-14(26)11-15/h2-12,21,28-29H,1H3/b22-20+. The van der Waals surface area contributed by atoms with Crippen molar-refractivity contribution in [1.82, 2.24) is 0 Å². The minimum absolute atomic E-state index is 0.0210. The Morgan fingerprint density at radius 2 is 1.78 bits per heavy atom. The Balaban J connectivity index is 1.98. The lowest BCUT2D eigenvalue weighted by molar-refractivity contribution is -0.132. The fraction of sp³-hybridized carbons (Fsp3) is 0.0833. The Morgan fingerprint density at radius 1 is 1.06 bits per heavy atom. The molecule has 32 heavy (non-hydrogen) atoms. The first-order valence-corrected chi connectivity index (χ1v) is 9.89. The molecular weight excluding hydrogens is 437 g/mol. The summed E-state index contributed by atoms with van der Waals surface area (Å²) < 4.78 is 19.1. The van der Waals surface area contributed by atoms with Crippen molar-refractivity contribution in [1.29, 1.82) is 0 Å². The molecule has 1 fully saturated rings. The van der Waals surface area contributed by atoms with Gasteiger partial charge in [0, 0.05) is 11.3 Å². The smallest absolute Gasteiger partial charge is 0.300 e. The van der Waals surface area contributed by atoms with E-state index in [9.17, 15) is 24.2 Å². The number of Topliss-reactive ketones (excluding diaryl/α,β-unsaturated/α-hetero) is 1. The molecule has 0 bridgehead atoms. The molecule has 3 aromatic rings. The molecule has 0 spiro atoms. The zero-order valence-electron chi connectivity index (χ0n) is 16.8. The van der Waals surface area contributed by atoms with Gasteiger partial charge in [-0.15, -0.1) is 0 Å². The summed E-state index contributed by atoms with van der Waals surface area (Å²) in [5.74, 6) is -2.62. The first kappa shape index (κ1) is 21.4. The number of aliphatic hydroxyl groups is 1. The van der Waals surface area contributed by atoms with Crippen LogP contribution in [0.5, 0.6) is 11.5 Å². The van der Waals surface area contributed by atoms with Crippen LogP contribution in [0.4, 0.5) is 10.1 Å². The van der Waals surface area contributed by atoms with Crippen molar-refractivity contribution < 1.29 is 28.9 Å². The molecular formula is C24H17ClFNO5. The second-order valence-electron chi connectivity index (χ2n) is 7.09. The van der Waals surface area contributed by atoms with E-state index >= 15 is 0 Å². The molecule has 0 aromatic heterocycles. The summed E-state index contributed by atoms with van der Waals surface area (Å²) in [4.78, 5) is 27.2. The highest BCUT2D eigenvalue weighted by molar-refractivity contribution is 6.52. The van der Waals surface area contributed by atoms with Gasteiger partial charge in [-0.25, -0.2) is 4.39 Å². The van der Waals surface area contributed by atoms with Crippen LogP contribution in [0.25, 0.3) is 5.76 Å². The van der Waals surface area contributed by atoms with Crippen molar-refractivity contribution in [3.63, 3.8) is 0 Å². The Kier molecular flexibility index (Phi) is 5.59. The molecule has 1 heterocycles. The molecule has 2 N–H and O–H groups in total. The third-order valence-electron chi connectivity index (χ3n) is 5.17. The summed E-state index contributed by atoms with van der Waals surface area (Å²) >= 11 is 6.26. The van der Waals surface area contributed by atoms with E-state index in [1.54, 1.807) is 6.07 Å². The van der Waals surface area contributed by atoms with E-state index in [0.29, 0.717) is 11.3 Å². The maximum atomic E-state index is 13.9. The summed E-state index contributed by atoms with van der Waals surface area (Å²) in [6.45, 7) is 0. The molecule has 0 aliphatic carbocycles. The number of halogens is 2. The lowest BCUT2D eigenvalue weighted by Crippen LogP contribution is -2.29. The van der Waals surface area contributed by atoms with Gasteiger partial charge in [-0.3, -0.25) is 14.5 Å². The van der Waals surface area contributed by atoms with Crippen molar-refractivity contribution in [2.45, 2.75) is 6.04 Å². The van der Waals surface area contributed by atoms with E-state index in [1.165, 1.54) is 61.7 Å². The normalized spacial score (nSPS) is 17.6. The molecule has 1 aliphatic rings. The van der Waals surface area contributed by atoms with Crippen LogP contribution in [0, 0.1) is 5.82 Å². The highest BCUT2D eigenvalue weighted by Crippen LogP contribution is 2.43. The molecule has 8 heteroatoms. The average Bonchev–Trinajstić information content (AvgIpc) is 3.05. The van der Waals surface area contributed by atoms with Crippen LogP contribution >= 0.6 is 11.6 Å². The van der Waals surface area contributed by atoms with E-state index in [2.05, 4.69) is 0 Å². The van der Waals surface area contributed by atoms with Crippen LogP contribution < -0.4 is 9.64 Å². The summed E-state index contributed by atoms with van der Waals surface area (Å²) in [6.07, 6.45) is 0. The van der Waals surface area contributed by atoms with Crippen LogP contribution in [-0.4, -0.2) is 29.0 Å². The van der Waals surface area contributed by atoms with E-state index in [-0.39, 0.29) is 27.6 Å². The molecule has 1 atom stereocenters. The van der Waals surface area contributed by atoms with Crippen molar-refractivity contribution in [2.24, 2.45) is 0 Å². The highest BCUT2D eigenvalue weighted by atomic mass is 35.5. The van der Waals surface area contributed by atoms with Crippen LogP contribution in [-0.2, 0) is 9.59 Å². The molecule has 1 saturated heterocycles. The third-order valence-corrected chi connectivity index (χ3v) is 5.50. The quantitative estimate of drug-likeness (QED) is 0.336. The number of phenols is 1. The van der Waals surface area contributed by atoms with Gasteiger partial charge in [0.15, 0.2) is 0 Å². The zero-order chi connectivity index (χ0) is 23.0. The van der Waals surface area contributed by atoms with Gasteiger partial charge in [0.25, 0.3) is 11.7 Å². The molecule has 6 nitrogen and oxygen atoms in total. The Hall–Kier alpha value is -3.84. The number of phenolic OH excluding ortho intramolecular Hbond substituents is 1. The molecule has 0 radical (unpaired) electrons. The second-order valence-corrected chi connectivity index (χ2v) is 7.49. The maximum Gasteiger partial charge on any atom is 0.300 e. The topological polar surface area (TPSA) is 87.1 Å². The number of ether oxygens (including phenoxy) is 1. The van der Waals surface area contributed by atoms with Gasteiger partial charge >= 0.3 is 0 Å².